The van der Waals surface area contributed by atoms with Crippen LogP contribution in [0.2, 0.25) is 0 Å². The maximum absolute atomic E-state index is 12.1. The van der Waals surface area contributed by atoms with Gasteiger partial charge in [0.05, 0.1) is 19.3 Å². The molecule has 0 bridgehead atoms. The van der Waals surface area contributed by atoms with Crippen molar-refractivity contribution in [1.29, 1.82) is 0 Å². The normalized spacial score (nSPS) is 15.7. The monoisotopic (exact) mass is 537 g/mol. The van der Waals surface area contributed by atoms with Crippen LogP contribution in [0.4, 0.5) is 5.69 Å². The Kier molecular flexibility index (Phi) is 10.4. The SMILES string of the molecule is CCNC(=NCCNC(=O)c1ccccc1)NC1CCN(c2ccccc2OC)C1.I. The zero-order chi connectivity index (χ0) is 21.2. The lowest BCUT2D eigenvalue weighted by Gasteiger charge is -2.22. The van der Waals surface area contributed by atoms with Gasteiger partial charge in [-0.25, -0.2) is 0 Å². The summed E-state index contributed by atoms with van der Waals surface area (Å²) in [5, 5.41) is 9.71. The molecule has 1 atom stereocenters. The highest BCUT2D eigenvalue weighted by Gasteiger charge is 2.25. The van der Waals surface area contributed by atoms with E-state index in [-0.39, 0.29) is 29.9 Å². The van der Waals surface area contributed by atoms with E-state index in [9.17, 15) is 4.79 Å². The number of anilines is 1. The zero-order valence-electron chi connectivity index (χ0n) is 18.1. The average Bonchev–Trinajstić information content (AvgIpc) is 3.25. The number of benzene rings is 2. The number of methoxy groups -OCH3 is 1. The van der Waals surface area contributed by atoms with Crippen LogP contribution in [-0.2, 0) is 0 Å². The number of halogens is 1. The largest absolute Gasteiger partial charge is 0.495 e. The summed E-state index contributed by atoms with van der Waals surface area (Å²) >= 11 is 0. The first-order chi connectivity index (χ1) is 14.7. The third-order valence-electron chi connectivity index (χ3n) is 5.00. The third kappa shape index (κ3) is 7.30. The predicted octanol–water partition coefficient (Wildman–Crippen LogP) is 2.88. The summed E-state index contributed by atoms with van der Waals surface area (Å²) < 4.78 is 5.50. The molecule has 31 heavy (non-hydrogen) atoms. The Hall–Kier alpha value is -2.49. The molecule has 0 radical (unpaired) electrons. The number of aliphatic imine (C=N–C) groups is 1. The zero-order valence-corrected chi connectivity index (χ0v) is 20.5. The van der Waals surface area contributed by atoms with E-state index in [1.165, 1.54) is 0 Å². The molecule has 2 aromatic rings. The topological polar surface area (TPSA) is 78.0 Å². The number of carbonyl (C=O) groups is 1. The van der Waals surface area contributed by atoms with Crippen molar-refractivity contribution in [3.63, 3.8) is 0 Å². The molecule has 1 fully saturated rings. The second-order valence-electron chi connectivity index (χ2n) is 7.13. The predicted molar refractivity (Wildman–Crippen MR) is 137 cm³/mol. The molecule has 1 unspecified atom stereocenters. The molecule has 0 saturated carbocycles. The summed E-state index contributed by atoms with van der Waals surface area (Å²) in [6, 6.07) is 17.6. The molecule has 1 aliphatic heterocycles. The lowest BCUT2D eigenvalue weighted by molar-refractivity contribution is 0.0955. The summed E-state index contributed by atoms with van der Waals surface area (Å²) in [6.45, 7) is 5.68. The van der Waals surface area contributed by atoms with Crippen molar-refractivity contribution in [3.05, 3.63) is 60.2 Å². The lowest BCUT2D eigenvalue weighted by atomic mass is 10.2. The molecule has 0 spiro atoms. The Morgan fingerprint density at radius 3 is 2.61 bits per heavy atom. The van der Waals surface area contributed by atoms with E-state index in [1.54, 1.807) is 19.2 Å². The van der Waals surface area contributed by atoms with Crippen molar-refractivity contribution in [3.8, 4) is 5.75 Å². The Morgan fingerprint density at radius 1 is 1.13 bits per heavy atom. The van der Waals surface area contributed by atoms with Crippen LogP contribution < -0.4 is 25.6 Å². The van der Waals surface area contributed by atoms with Gasteiger partial charge in [-0.05, 0) is 37.6 Å². The summed E-state index contributed by atoms with van der Waals surface area (Å²) in [7, 11) is 1.71. The molecule has 168 valence electrons. The van der Waals surface area contributed by atoms with Gasteiger partial charge in [0, 0.05) is 37.8 Å². The van der Waals surface area contributed by atoms with E-state index >= 15 is 0 Å². The molecule has 3 N–H and O–H groups in total. The van der Waals surface area contributed by atoms with Gasteiger partial charge in [0.2, 0.25) is 0 Å². The van der Waals surface area contributed by atoms with Gasteiger partial charge in [-0.2, -0.15) is 0 Å². The first-order valence-electron chi connectivity index (χ1n) is 10.5. The molecule has 1 heterocycles. The summed E-state index contributed by atoms with van der Waals surface area (Å²) in [5.74, 6) is 1.60. The molecule has 2 aromatic carbocycles. The Balaban J connectivity index is 0.00000341. The second kappa shape index (κ2) is 13.0. The van der Waals surface area contributed by atoms with E-state index < -0.39 is 0 Å². The molecule has 1 saturated heterocycles. The van der Waals surface area contributed by atoms with Crippen LogP contribution in [0.1, 0.15) is 23.7 Å². The smallest absolute Gasteiger partial charge is 0.251 e. The highest BCUT2D eigenvalue weighted by atomic mass is 127. The van der Waals surface area contributed by atoms with Crippen molar-refractivity contribution in [1.82, 2.24) is 16.0 Å². The van der Waals surface area contributed by atoms with Crippen molar-refractivity contribution in [2.45, 2.75) is 19.4 Å². The van der Waals surface area contributed by atoms with Gasteiger partial charge < -0.3 is 25.6 Å². The maximum Gasteiger partial charge on any atom is 0.251 e. The van der Waals surface area contributed by atoms with Crippen LogP contribution >= 0.6 is 24.0 Å². The van der Waals surface area contributed by atoms with Crippen LogP contribution in [0, 0.1) is 0 Å². The van der Waals surface area contributed by atoms with Crippen molar-refractivity contribution >= 4 is 41.5 Å². The minimum atomic E-state index is -0.0768. The van der Waals surface area contributed by atoms with Gasteiger partial charge in [-0.3, -0.25) is 9.79 Å². The fourth-order valence-corrected chi connectivity index (χ4v) is 3.53. The van der Waals surface area contributed by atoms with Crippen LogP contribution in [0.15, 0.2) is 59.6 Å². The van der Waals surface area contributed by atoms with Crippen LogP contribution in [-0.4, -0.2) is 57.7 Å². The van der Waals surface area contributed by atoms with Crippen LogP contribution in [0.3, 0.4) is 0 Å². The molecule has 3 rings (SSSR count). The van der Waals surface area contributed by atoms with Gasteiger partial charge in [0.15, 0.2) is 5.96 Å². The fourth-order valence-electron chi connectivity index (χ4n) is 3.53. The first-order valence-corrected chi connectivity index (χ1v) is 10.5. The minimum absolute atomic E-state index is 0. The van der Waals surface area contributed by atoms with Gasteiger partial charge in [-0.1, -0.05) is 30.3 Å². The van der Waals surface area contributed by atoms with Gasteiger partial charge >= 0.3 is 0 Å². The quantitative estimate of drug-likeness (QED) is 0.209. The molecular formula is C23H32IN5O2. The summed E-state index contributed by atoms with van der Waals surface area (Å²) in [4.78, 5) is 19.1. The van der Waals surface area contributed by atoms with E-state index in [0.29, 0.717) is 24.7 Å². The van der Waals surface area contributed by atoms with Gasteiger partial charge in [-0.15, -0.1) is 24.0 Å². The van der Waals surface area contributed by atoms with Gasteiger partial charge in [0.25, 0.3) is 5.91 Å². The van der Waals surface area contributed by atoms with E-state index in [0.717, 1.165) is 43.5 Å². The Morgan fingerprint density at radius 2 is 1.87 bits per heavy atom. The van der Waals surface area contributed by atoms with Crippen molar-refractivity contribution in [2.75, 3.05) is 44.7 Å². The minimum Gasteiger partial charge on any atom is -0.495 e. The molecule has 0 aromatic heterocycles. The first kappa shape index (κ1) is 24.8. The number of amides is 1. The van der Waals surface area contributed by atoms with E-state index in [4.69, 9.17) is 4.74 Å². The number of nitrogens with zero attached hydrogens (tertiary/aromatic N) is 2. The average molecular weight is 537 g/mol. The number of hydrogen-bond donors (Lipinski definition) is 3. The Labute approximate surface area is 201 Å². The molecule has 0 aliphatic carbocycles. The number of carbonyl (C=O) groups excluding carboxylic acids is 1. The molecule has 1 aliphatic rings. The Bertz CT molecular complexity index is 847. The number of para-hydroxylation sites is 2. The number of hydrogen-bond acceptors (Lipinski definition) is 4. The lowest BCUT2D eigenvalue weighted by Crippen LogP contribution is -2.45. The number of nitrogens with one attached hydrogen (secondary N) is 3. The molecular weight excluding hydrogens is 505 g/mol. The van der Waals surface area contributed by atoms with Crippen LogP contribution in [0.5, 0.6) is 5.75 Å². The standard InChI is InChI=1S/C23H31N5O2.HI/c1-3-24-23(26-15-14-25-22(29)18-9-5-4-6-10-18)27-19-13-16-28(17-19)20-11-7-8-12-21(20)30-2;/h4-12,19H,3,13-17H2,1-2H3,(H,25,29)(H2,24,26,27);1H. The maximum atomic E-state index is 12.1. The summed E-state index contributed by atoms with van der Waals surface area (Å²) in [6.07, 6.45) is 1.02. The third-order valence-corrected chi connectivity index (χ3v) is 5.00. The fraction of sp³-hybridized carbons (Fsp3) is 0.391. The van der Waals surface area contributed by atoms with E-state index in [1.807, 2.05) is 43.3 Å². The van der Waals surface area contributed by atoms with Crippen molar-refractivity contribution in [2.24, 2.45) is 4.99 Å². The highest BCUT2D eigenvalue weighted by molar-refractivity contribution is 14.0. The van der Waals surface area contributed by atoms with Crippen LogP contribution in [0.25, 0.3) is 0 Å². The molecule has 7 nitrogen and oxygen atoms in total. The number of rotatable bonds is 8. The highest BCUT2D eigenvalue weighted by Crippen LogP contribution is 2.30. The number of guanidine groups is 1. The molecule has 8 heteroatoms. The second-order valence-corrected chi connectivity index (χ2v) is 7.13. The van der Waals surface area contributed by atoms with Gasteiger partial charge in [0.1, 0.15) is 5.75 Å². The number of ether oxygens (including phenoxy) is 1. The van der Waals surface area contributed by atoms with E-state index in [2.05, 4.69) is 31.9 Å². The molecule has 1 amide bonds. The van der Waals surface area contributed by atoms with Crippen molar-refractivity contribution < 1.29 is 9.53 Å². The summed E-state index contributed by atoms with van der Waals surface area (Å²) in [5.41, 5.74) is 1.78.